The van der Waals surface area contributed by atoms with Crippen molar-refractivity contribution in [2.75, 3.05) is 26.7 Å². The third-order valence-electron chi connectivity index (χ3n) is 6.10. The van der Waals surface area contributed by atoms with E-state index in [-0.39, 0.29) is 18.5 Å². The van der Waals surface area contributed by atoms with Crippen LogP contribution in [0.5, 0.6) is 5.75 Å². The van der Waals surface area contributed by atoms with Crippen LogP contribution in [0.1, 0.15) is 24.2 Å². The third-order valence-corrected chi connectivity index (χ3v) is 6.10. The monoisotopic (exact) mass is 460 g/mol. The Morgan fingerprint density at radius 3 is 2.48 bits per heavy atom. The van der Waals surface area contributed by atoms with Crippen molar-refractivity contribution in [3.63, 3.8) is 0 Å². The van der Waals surface area contributed by atoms with Crippen LogP contribution < -0.4 is 10.1 Å². The van der Waals surface area contributed by atoms with Crippen LogP contribution in [-0.2, 0) is 19.1 Å². The minimum atomic E-state index is -4.51. The smallest absolute Gasteiger partial charge is 0.449 e. The molecule has 176 valence electrons. The molecule has 0 spiro atoms. The van der Waals surface area contributed by atoms with Crippen molar-refractivity contribution in [1.82, 2.24) is 19.8 Å². The number of halogens is 3. The summed E-state index contributed by atoms with van der Waals surface area (Å²) in [6.45, 7) is 1.80. The molecular formula is C24H27F3N4O2. The summed E-state index contributed by atoms with van der Waals surface area (Å²) in [5, 5.41) is 2.93. The van der Waals surface area contributed by atoms with Gasteiger partial charge in [-0.25, -0.2) is 9.78 Å². The van der Waals surface area contributed by atoms with Gasteiger partial charge in [0.05, 0.1) is 18.1 Å². The Morgan fingerprint density at radius 2 is 1.82 bits per heavy atom. The number of nitrogens with zero attached hydrogens (tertiary/aromatic N) is 3. The van der Waals surface area contributed by atoms with Crippen molar-refractivity contribution in [2.24, 2.45) is 5.92 Å². The predicted octanol–water partition coefficient (Wildman–Crippen LogP) is 4.73. The number of nitrogens with one attached hydrogen (secondary N) is 1. The summed E-state index contributed by atoms with van der Waals surface area (Å²) in [7, 11) is 1.62. The zero-order valence-corrected chi connectivity index (χ0v) is 18.4. The number of para-hydroxylation sites is 2. The molecule has 1 aliphatic rings. The highest BCUT2D eigenvalue weighted by molar-refractivity contribution is 5.76. The fourth-order valence-corrected chi connectivity index (χ4v) is 4.27. The lowest BCUT2D eigenvalue weighted by Crippen LogP contribution is -2.45. The Morgan fingerprint density at radius 1 is 1.12 bits per heavy atom. The van der Waals surface area contributed by atoms with E-state index in [1.807, 2.05) is 24.3 Å². The van der Waals surface area contributed by atoms with E-state index in [1.54, 1.807) is 36.3 Å². The first kappa shape index (κ1) is 22.9. The Bertz CT molecular complexity index is 1090. The van der Waals surface area contributed by atoms with Crippen LogP contribution in [-0.4, -0.2) is 47.2 Å². The second-order valence-corrected chi connectivity index (χ2v) is 8.29. The van der Waals surface area contributed by atoms with Gasteiger partial charge < -0.3 is 19.5 Å². The Balaban J connectivity index is 1.30. The van der Waals surface area contributed by atoms with Gasteiger partial charge in [-0.2, -0.15) is 13.2 Å². The second kappa shape index (κ2) is 9.72. The van der Waals surface area contributed by atoms with Crippen LogP contribution >= 0.6 is 0 Å². The third kappa shape index (κ3) is 5.40. The van der Waals surface area contributed by atoms with Gasteiger partial charge in [0, 0.05) is 26.2 Å². The Kier molecular flexibility index (Phi) is 6.76. The molecule has 3 aromatic rings. The van der Waals surface area contributed by atoms with Crippen molar-refractivity contribution < 1.29 is 22.7 Å². The molecule has 6 nitrogen and oxygen atoms in total. The molecule has 1 N–H and O–H groups in total. The van der Waals surface area contributed by atoms with E-state index < -0.39 is 12.0 Å². The SMILES string of the molecule is COc1ccc(CCNC(=O)N2CCC(Cn3c(C(F)(F)F)nc4ccccc43)CC2)cc1. The van der Waals surface area contributed by atoms with Gasteiger partial charge in [-0.05, 0) is 55.0 Å². The molecule has 33 heavy (non-hydrogen) atoms. The van der Waals surface area contributed by atoms with Crippen molar-refractivity contribution in [3.8, 4) is 5.75 Å². The zero-order valence-electron chi connectivity index (χ0n) is 18.4. The van der Waals surface area contributed by atoms with Crippen molar-refractivity contribution in [2.45, 2.75) is 32.0 Å². The number of likely N-dealkylation sites (tertiary alicyclic amines) is 1. The summed E-state index contributed by atoms with van der Waals surface area (Å²) < 4.78 is 47.0. The highest BCUT2D eigenvalue weighted by Gasteiger charge is 2.38. The maximum absolute atomic E-state index is 13.5. The van der Waals surface area contributed by atoms with Crippen molar-refractivity contribution >= 4 is 17.1 Å². The fraction of sp³-hybridized carbons (Fsp3) is 0.417. The largest absolute Gasteiger partial charge is 0.497 e. The number of piperidine rings is 1. The number of fused-ring (bicyclic) bond motifs is 1. The lowest BCUT2D eigenvalue weighted by Gasteiger charge is -2.32. The number of carbonyl (C=O) groups excluding carboxylic acids is 1. The van der Waals surface area contributed by atoms with E-state index in [0.717, 1.165) is 11.3 Å². The van der Waals surface area contributed by atoms with Gasteiger partial charge in [0.25, 0.3) is 0 Å². The summed E-state index contributed by atoms with van der Waals surface area (Å²) in [6.07, 6.45) is -2.50. The lowest BCUT2D eigenvalue weighted by molar-refractivity contribution is -0.147. The quantitative estimate of drug-likeness (QED) is 0.579. The van der Waals surface area contributed by atoms with E-state index in [4.69, 9.17) is 4.74 Å². The maximum atomic E-state index is 13.5. The number of aromatic nitrogens is 2. The average Bonchev–Trinajstić information content (AvgIpc) is 3.19. The van der Waals surface area contributed by atoms with Crippen molar-refractivity contribution in [1.29, 1.82) is 0 Å². The van der Waals surface area contributed by atoms with Gasteiger partial charge >= 0.3 is 12.2 Å². The fourth-order valence-electron chi connectivity index (χ4n) is 4.27. The number of ether oxygens (including phenoxy) is 1. The molecule has 4 rings (SSSR count). The van der Waals surface area contributed by atoms with Crippen LogP contribution in [0.4, 0.5) is 18.0 Å². The molecular weight excluding hydrogens is 433 g/mol. The van der Waals surface area contributed by atoms with Crippen LogP contribution in [0.25, 0.3) is 11.0 Å². The topological polar surface area (TPSA) is 59.4 Å². The number of alkyl halides is 3. The number of imidazole rings is 1. The maximum Gasteiger partial charge on any atom is 0.449 e. The number of methoxy groups -OCH3 is 1. The van der Waals surface area contributed by atoms with Gasteiger partial charge in [0.1, 0.15) is 5.75 Å². The minimum absolute atomic E-state index is 0.0482. The predicted molar refractivity (Wildman–Crippen MR) is 119 cm³/mol. The zero-order chi connectivity index (χ0) is 23.4. The summed E-state index contributed by atoms with van der Waals surface area (Å²) >= 11 is 0. The molecule has 0 radical (unpaired) electrons. The Hall–Kier alpha value is -3.23. The lowest BCUT2D eigenvalue weighted by atomic mass is 9.96. The number of urea groups is 1. The summed E-state index contributed by atoms with van der Waals surface area (Å²) in [4.78, 5) is 18.1. The number of carbonyl (C=O) groups is 1. The summed E-state index contributed by atoms with van der Waals surface area (Å²) in [6, 6.07) is 14.2. The van der Waals surface area contributed by atoms with E-state index >= 15 is 0 Å². The number of hydrogen-bond donors (Lipinski definition) is 1. The molecule has 0 aliphatic carbocycles. The number of benzene rings is 2. The molecule has 1 fully saturated rings. The summed E-state index contributed by atoms with van der Waals surface area (Å²) in [5.74, 6) is -0.0221. The molecule has 0 bridgehead atoms. The van der Waals surface area contributed by atoms with E-state index in [1.165, 1.54) is 4.57 Å². The second-order valence-electron chi connectivity index (χ2n) is 8.29. The molecule has 1 aromatic heterocycles. The van der Waals surface area contributed by atoms with E-state index in [0.29, 0.717) is 49.9 Å². The minimum Gasteiger partial charge on any atom is -0.497 e. The van der Waals surface area contributed by atoms with Crippen LogP contribution in [0.2, 0.25) is 0 Å². The molecule has 0 saturated carbocycles. The van der Waals surface area contributed by atoms with E-state index in [2.05, 4.69) is 10.3 Å². The molecule has 0 atom stereocenters. The van der Waals surface area contributed by atoms with Gasteiger partial charge in [0.15, 0.2) is 0 Å². The number of rotatable bonds is 6. The molecule has 1 aliphatic heterocycles. The molecule has 2 aromatic carbocycles. The molecule has 2 amide bonds. The Labute approximate surface area is 190 Å². The first-order valence-corrected chi connectivity index (χ1v) is 11.0. The van der Waals surface area contributed by atoms with Gasteiger partial charge in [-0.15, -0.1) is 0 Å². The van der Waals surface area contributed by atoms with Crippen LogP contribution in [0, 0.1) is 5.92 Å². The first-order valence-electron chi connectivity index (χ1n) is 11.0. The number of amides is 2. The van der Waals surface area contributed by atoms with Crippen molar-refractivity contribution in [3.05, 3.63) is 59.9 Å². The first-order chi connectivity index (χ1) is 15.8. The van der Waals surface area contributed by atoms with Crippen LogP contribution in [0.15, 0.2) is 48.5 Å². The van der Waals surface area contributed by atoms with Gasteiger partial charge in [-0.1, -0.05) is 24.3 Å². The average molecular weight is 461 g/mol. The summed E-state index contributed by atoms with van der Waals surface area (Å²) in [5.41, 5.74) is 1.94. The highest BCUT2D eigenvalue weighted by Crippen LogP contribution is 2.33. The molecule has 9 heteroatoms. The molecule has 1 saturated heterocycles. The van der Waals surface area contributed by atoms with Crippen LogP contribution in [0.3, 0.4) is 0 Å². The highest BCUT2D eigenvalue weighted by atomic mass is 19.4. The normalized spacial score (nSPS) is 15.1. The number of hydrogen-bond acceptors (Lipinski definition) is 3. The van der Waals surface area contributed by atoms with Gasteiger partial charge in [-0.3, -0.25) is 0 Å². The van der Waals surface area contributed by atoms with E-state index in [9.17, 15) is 18.0 Å². The van der Waals surface area contributed by atoms with Gasteiger partial charge in [0.2, 0.25) is 5.82 Å². The molecule has 0 unspecified atom stereocenters. The standard InChI is InChI=1S/C24H27F3N4O2/c1-33-19-8-6-17(7-9-19)10-13-28-23(32)30-14-11-18(12-15-30)16-31-21-5-3-2-4-20(21)29-22(31)24(25,26)27/h2-9,18H,10-16H2,1H3,(H,28,32). The molecule has 2 heterocycles.